The van der Waals surface area contributed by atoms with Crippen molar-refractivity contribution in [3.8, 4) is 33.8 Å². The first-order valence-electron chi connectivity index (χ1n) is 23.7. The van der Waals surface area contributed by atoms with Crippen molar-refractivity contribution in [2.24, 2.45) is 0 Å². The maximum absolute atomic E-state index is 4.22. The zero-order valence-electron chi connectivity index (χ0n) is 45.6. The van der Waals surface area contributed by atoms with Crippen LogP contribution in [0.1, 0.15) is 111 Å². The minimum atomic E-state index is 0. The molecule has 0 saturated heterocycles. The molecule has 1 aliphatic carbocycles. The second kappa shape index (κ2) is 64.7. The number of hydrogen-bond acceptors (Lipinski definition) is 3. The van der Waals surface area contributed by atoms with E-state index < -0.39 is 0 Å². The van der Waals surface area contributed by atoms with Crippen molar-refractivity contribution in [3.05, 3.63) is 246 Å². The standard InChI is InChI=1S/C12H10N.3C11H8N.8C2H6.2CH3.2Ir/c1-13-10-6-5-9-12(13)11-7-3-2-4-8-11;3*1-2-6-10(7-3-1)11-8-4-5-9-12-11;8*1-2;;;;/h2-7,9-10H,1H2;3*1-6,8-9H;8*1-2H3;2*1H3;;/q4*-1;;;;;;;;;2*-1;;+3. The van der Waals surface area contributed by atoms with Gasteiger partial charge in [0.2, 0.25) is 0 Å². The Labute approximate surface area is 452 Å². The van der Waals surface area contributed by atoms with Gasteiger partial charge in [-0.2, -0.15) is 0 Å². The van der Waals surface area contributed by atoms with Gasteiger partial charge in [0, 0.05) is 38.7 Å². The van der Waals surface area contributed by atoms with E-state index in [0.717, 1.165) is 44.7 Å². The first-order chi connectivity index (χ1) is 32.3. The number of hydrogen-bond donors (Lipinski definition) is 0. The molecule has 0 N–H and O–H groups in total. The summed E-state index contributed by atoms with van der Waals surface area (Å²) in [5.41, 5.74) is 7.10. The van der Waals surface area contributed by atoms with E-state index in [0.29, 0.717) is 0 Å². The first-order valence-corrected chi connectivity index (χ1v) is 23.7. The molecule has 0 bridgehead atoms. The van der Waals surface area contributed by atoms with Crippen molar-refractivity contribution in [1.29, 1.82) is 0 Å². The van der Waals surface area contributed by atoms with Gasteiger partial charge >= 0.3 is 20.1 Å². The molecule has 1 radical (unpaired) electrons. The van der Waals surface area contributed by atoms with Crippen molar-refractivity contribution in [2.75, 3.05) is 0 Å². The smallest absolute Gasteiger partial charge is 0.358 e. The fourth-order valence-corrected chi connectivity index (χ4v) is 4.50. The van der Waals surface area contributed by atoms with Crippen molar-refractivity contribution in [2.45, 2.75) is 111 Å². The van der Waals surface area contributed by atoms with Gasteiger partial charge in [-0.15, -0.1) is 108 Å². The number of allylic oxidation sites excluding steroid dienone is 4. The van der Waals surface area contributed by atoms with Gasteiger partial charge in [-0.05, 0) is 41.3 Å². The van der Waals surface area contributed by atoms with Crippen molar-refractivity contribution < 1.29 is 44.5 Å². The summed E-state index contributed by atoms with van der Waals surface area (Å²) >= 11 is 0. The van der Waals surface area contributed by atoms with Crippen molar-refractivity contribution in [1.82, 2.24) is 15.0 Å². The van der Waals surface area contributed by atoms with E-state index in [1.54, 1.807) is 18.6 Å². The number of nitrogens with zero attached hydrogens (tertiary/aromatic N) is 4. The van der Waals surface area contributed by atoms with Crippen LogP contribution in [0.25, 0.3) is 39.3 Å². The summed E-state index contributed by atoms with van der Waals surface area (Å²) < 4.78 is 1.84. The van der Waals surface area contributed by atoms with Crippen LogP contribution in [0.2, 0.25) is 0 Å². The third-order valence-corrected chi connectivity index (χ3v) is 6.88. The molecule has 381 valence electrons. The first kappa shape index (κ1) is 80.7. The number of aromatic nitrogens is 4. The molecule has 6 heteroatoms. The molecule has 0 saturated carbocycles. The molecular formula is C63H88Ir2N4-3. The van der Waals surface area contributed by atoms with Crippen LogP contribution in [0.15, 0.2) is 189 Å². The average Bonchev–Trinajstić information content (AvgIpc) is 3.45. The molecule has 69 heavy (non-hydrogen) atoms. The quantitative estimate of drug-likeness (QED) is 0.131. The van der Waals surface area contributed by atoms with Crippen LogP contribution < -0.4 is 9.59 Å². The topological polar surface area (TPSA) is 44.6 Å². The van der Waals surface area contributed by atoms with E-state index in [1.807, 2.05) is 291 Å². The van der Waals surface area contributed by atoms with Crippen LogP contribution in [0.4, 0.5) is 0 Å². The fraction of sp³-hybridized carbons (Fsp3) is 0.254. The molecule has 0 unspecified atom stereocenters. The molecule has 7 aromatic rings. The van der Waals surface area contributed by atoms with Crippen molar-refractivity contribution in [3.63, 3.8) is 0 Å². The third kappa shape index (κ3) is 38.2. The van der Waals surface area contributed by atoms with Crippen LogP contribution in [0, 0.1) is 52.3 Å². The molecule has 4 nitrogen and oxygen atoms in total. The minimum Gasteiger partial charge on any atom is -0.358 e. The summed E-state index contributed by atoms with van der Waals surface area (Å²) in [7, 11) is 0. The summed E-state index contributed by atoms with van der Waals surface area (Å²) in [6.45, 7) is 35.9. The second-order valence-corrected chi connectivity index (χ2v) is 10.3. The molecule has 1 aliphatic rings. The van der Waals surface area contributed by atoms with E-state index in [9.17, 15) is 0 Å². The van der Waals surface area contributed by atoms with Crippen molar-refractivity contribution >= 4 is 5.57 Å². The number of pyridine rings is 4. The van der Waals surface area contributed by atoms with Crippen LogP contribution in [0.5, 0.6) is 0 Å². The number of benzene rings is 3. The van der Waals surface area contributed by atoms with E-state index in [2.05, 4.69) is 45.9 Å². The molecule has 4 aromatic heterocycles. The maximum Gasteiger partial charge on any atom is 3.00 e. The second-order valence-electron chi connectivity index (χ2n) is 10.3. The molecule has 0 spiro atoms. The van der Waals surface area contributed by atoms with E-state index in [1.165, 1.54) is 0 Å². The Kier molecular flexibility index (Phi) is 75.7. The van der Waals surface area contributed by atoms with Gasteiger partial charge in [0.1, 0.15) is 6.72 Å². The maximum atomic E-state index is 4.22. The van der Waals surface area contributed by atoms with E-state index >= 15 is 0 Å². The summed E-state index contributed by atoms with van der Waals surface area (Å²) in [5.74, 6) is 0. The molecule has 0 amide bonds. The van der Waals surface area contributed by atoms with Gasteiger partial charge in [0.15, 0.2) is 6.20 Å². The Balaban J connectivity index is -0.000000107. The summed E-state index contributed by atoms with van der Waals surface area (Å²) in [5, 5.41) is 1.07. The van der Waals surface area contributed by atoms with Crippen LogP contribution in [-0.4, -0.2) is 15.0 Å². The summed E-state index contributed by atoms with van der Waals surface area (Å²) in [4.78, 5) is 12.7. The van der Waals surface area contributed by atoms with Gasteiger partial charge in [-0.3, -0.25) is 10.3 Å². The van der Waals surface area contributed by atoms with Crippen LogP contribution in [-0.2, 0) is 40.2 Å². The van der Waals surface area contributed by atoms with E-state index in [-0.39, 0.29) is 55.1 Å². The van der Waals surface area contributed by atoms with Gasteiger partial charge in [0.05, 0.1) is 5.35 Å². The molecule has 3 aromatic carbocycles. The number of rotatable bonds is 3. The third-order valence-electron chi connectivity index (χ3n) is 6.88. The summed E-state index contributed by atoms with van der Waals surface area (Å²) in [6.07, 6.45) is 18.3. The zero-order chi connectivity index (χ0) is 49.8. The summed E-state index contributed by atoms with van der Waals surface area (Å²) in [6, 6.07) is 56.4. The SMILES string of the molecule is C=[n+]1ccccc1=C1[C-]=CC=C[CH-]1.CC.CC.CC.CC.CC.CC.CC.CC.[CH3-].[CH3-].[Ir+3].[Ir].[c-]1ccccc1-c1ccccn1.[c-]1ccccc1-c1ccccn1.[c-]1ccccc1-c1ccccn1. The van der Waals surface area contributed by atoms with Gasteiger partial charge in [-0.1, -0.05) is 159 Å². The predicted molar refractivity (Wildman–Crippen MR) is 301 cm³/mol. The van der Waals surface area contributed by atoms with E-state index in [4.69, 9.17) is 0 Å². The fourth-order valence-electron chi connectivity index (χ4n) is 4.50. The molecule has 0 fully saturated rings. The van der Waals surface area contributed by atoms with Crippen LogP contribution in [0.3, 0.4) is 0 Å². The Hall–Kier alpha value is -5.35. The van der Waals surface area contributed by atoms with Gasteiger partial charge < -0.3 is 29.8 Å². The Morgan fingerprint density at radius 3 is 1.00 bits per heavy atom. The largest absolute Gasteiger partial charge is 3.00 e. The molecule has 0 atom stereocenters. The Bertz CT molecular complexity index is 1840. The van der Waals surface area contributed by atoms with Gasteiger partial charge in [-0.25, -0.2) is 30.2 Å². The van der Waals surface area contributed by atoms with Gasteiger partial charge in [0.25, 0.3) is 0 Å². The Morgan fingerprint density at radius 1 is 0.435 bits per heavy atom. The van der Waals surface area contributed by atoms with Crippen LogP contribution >= 0.6 is 0 Å². The minimum absolute atomic E-state index is 0. The predicted octanol–water partition coefficient (Wildman–Crippen LogP) is 17.6. The normalized spacial score (nSPS) is 9.22. The Morgan fingerprint density at radius 2 is 0.754 bits per heavy atom. The zero-order valence-corrected chi connectivity index (χ0v) is 50.4. The molecule has 4 heterocycles. The average molecular weight is 1290 g/mol. The molecule has 8 rings (SSSR count). The molecular weight excluding hydrogens is 1200 g/mol. The molecule has 0 aliphatic heterocycles. The monoisotopic (exact) mass is 1290 g/mol.